The van der Waals surface area contributed by atoms with E-state index < -0.39 is 15.8 Å². The molecule has 0 aliphatic rings. The second kappa shape index (κ2) is 5.95. The van der Waals surface area contributed by atoms with Gasteiger partial charge in [0.25, 0.3) is 0 Å². The number of nitrogens with one attached hydrogen (secondary N) is 2. The van der Waals surface area contributed by atoms with Crippen molar-refractivity contribution in [3.8, 4) is 10.7 Å². The summed E-state index contributed by atoms with van der Waals surface area (Å²) in [6, 6.07) is 8.35. The molecule has 6 nitrogen and oxygen atoms in total. The number of aromatic amines is 1. The lowest BCUT2D eigenvalue weighted by atomic mass is 10.4. The third-order valence-electron chi connectivity index (χ3n) is 2.83. The molecule has 3 aromatic rings. The summed E-state index contributed by atoms with van der Waals surface area (Å²) in [5, 5.41) is 8.62. The minimum absolute atomic E-state index is 0.00750. The summed E-state index contributed by atoms with van der Waals surface area (Å²) in [7, 11) is -3.72. The number of halogens is 1. The van der Waals surface area contributed by atoms with Gasteiger partial charge >= 0.3 is 0 Å². The third kappa shape index (κ3) is 3.21. The first-order valence-electron chi connectivity index (χ1n) is 6.25. The van der Waals surface area contributed by atoms with Gasteiger partial charge in [-0.15, -0.1) is 11.3 Å². The molecule has 9 heteroatoms. The molecule has 2 heterocycles. The molecule has 0 radical (unpaired) electrons. The van der Waals surface area contributed by atoms with Crippen LogP contribution in [0.15, 0.2) is 46.7 Å². The fourth-order valence-electron chi connectivity index (χ4n) is 1.75. The number of thiophene rings is 1. The Hall–Kier alpha value is -2.10. The van der Waals surface area contributed by atoms with E-state index >= 15 is 0 Å². The fourth-order valence-corrected chi connectivity index (χ4v) is 3.40. The summed E-state index contributed by atoms with van der Waals surface area (Å²) in [5.41, 5.74) is 0. The van der Waals surface area contributed by atoms with Gasteiger partial charge < -0.3 is 0 Å². The molecule has 0 aliphatic heterocycles. The fraction of sp³-hybridized carbons (Fsp3) is 0.0769. The van der Waals surface area contributed by atoms with Crippen molar-refractivity contribution >= 4 is 21.4 Å². The van der Waals surface area contributed by atoms with Crippen molar-refractivity contribution in [2.75, 3.05) is 0 Å². The number of hydrogen-bond donors (Lipinski definition) is 2. The number of sulfonamides is 1. The quantitative estimate of drug-likeness (QED) is 0.746. The minimum Gasteiger partial charge on any atom is -0.262 e. The molecule has 0 saturated heterocycles. The number of rotatable bonds is 5. The predicted molar refractivity (Wildman–Crippen MR) is 80.1 cm³/mol. The first-order valence-corrected chi connectivity index (χ1v) is 8.61. The van der Waals surface area contributed by atoms with Crippen LogP contribution < -0.4 is 4.72 Å². The molecule has 114 valence electrons. The van der Waals surface area contributed by atoms with Gasteiger partial charge in [0.1, 0.15) is 11.6 Å². The molecule has 0 aliphatic carbocycles. The van der Waals surface area contributed by atoms with E-state index in [2.05, 4.69) is 19.9 Å². The van der Waals surface area contributed by atoms with Gasteiger partial charge in [0.2, 0.25) is 10.0 Å². The van der Waals surface area contributed by atoms with Gasteiger partial charge in [0, 0.05) is 0 Å². The summed E-state index contributed by atoms with van der Waals surface area (Å²) >= 11 is 1.49. The number of aromatic nitrogens is 3. The van der Waals surface area contributed by atoms with E-state index in [0.717, 1.165) is 17.0 Å². The van der Waals surface area contributed by atoms with Gasteiger partial charge in [-0.3, -0.25) is 5.10 Å². The van der Waals surface area contributed by atoms with E-state index in [4.69, 9.17) is 0 Å². The zero-order chi connectivity index (χ0) is 15.6. The monoisotopic (exact) mass is 338 g/mol. The van der Waals surface area contributed by atoms with Crippen molar-refractivity contribution in [3.05, 3.63) is 53.4 Å². The highest BCUT2D eigenvalue weighted by Crippen LogP contribution is 2.20. The van der Waals surface area contributed by atoms with Gasteiger partial charge in [0.15, 0.2) is 5.82 Å². The van der Waals surface area contributed by atoms with E-state index in [9.17, 15) is 12.8 Å². The van der Waals surface area contributed by atoms with Crippen LogP contribution in [0.2, 0.25) is 0 Å². The molecule has 2 aromatic heterocycles. The van der Waals surface area contributed by atoms with Crippen LogP contribution in [0.4, 0.5) is 4.39 Å². The molecule has 0 amide bonds. The van der Waals surface area contributed by atoms with Crippen LogP contribution in [-0.4, -0.2) is 23.6 Å². The molecular weight excluding hydrogens is 327 g/mol. The van der Waals surface area contributed by atoms with Crippen molar-refractivity contribution < 1.29 is 12.8 Å². The second-order valence-corrected chi connectivity index (χ2v) is 7.08. The molecule has 0 unspecified atom stereocenters. The van der Waals surface area contributed by atoms with Crippen molar-refractivity contribution in [2.45, 2.75) is 11.4 Å². The predicted octanol–water partition coefficient (Wildman–Crippen LogP) is 2.15. The van der Waals surface area contributed by atoms with Crippen LogP contribution in [0, 0.1) is 5.82 Å². The molecule has 22 heavy (non-hydrogen) atoms. The van der Waals surface area contributed by atoms with Crippen molar-refractivity contribution in [3.63, 3.8) is 0 Å². The average molecular weight is 338 g/mol. The van der Waals surface area contributed by atoms with Crippen LogP contribution in [-0.2, 0) is 16.6 Å². The Kier molecular flexibility index (Phi) is 4.01. The summed E-state index contributed by atoms with van der Waals surface area (Å²) in [6.07, 6.45) is 0. The number of hydrogen-bond acceptors (Lipinski definition) is 5. The summed E-state index contributed by atoms with van der Waals surface area (Å²) in [5.74, 6) is 0.426. The molecular formula is C13H11FN4O2S2. The van der Waals surface area contributed by atoms with Crippen LogP contribution in [0.5, 0.6) is 0 Å². The topological polar surface area (TPSA) is 87.7 Å². The molecule has 0 saturated carbocycles. The van der Waals surface area contributed by atoms with E-state index in [1.165, 1.54) is 23.5 Å². The first-order chi connectivity index (χ1) is 10.5. The van der Waals surface area contributed by atoms with Crippen molar-refractivity contribution in [2.24, 2.45) is 0 Å². The van der Waals surface area contributed by atoms with E-state index in [-0.39, 0.29) is 11.4 Å². The van der Waals surface area contributed by atoms with E-state index in [1.807, 2.05) is 17.5 Å². The Bertz CT molecular complexity index is 858. The molecule has 0 fully saturated rings. The van der Waals surface area contributed by atoms with E-state index in [1.54, 1.807) is 0 Å². The molecule has 3 rings (SSSR count). The average Bonchev–Trinajstić information content (AvgIpc) is 3.17. The molecule has 2 N–H and O–H groups in total. The highest BCUT2D eigenvalue weighted by atomic mass is 32.2. The highest BCUT2D eigenvalue weighted by molar-refractivity contribution is 7.89. The lowest BCUT2D eigenvalue weighted by Gasteiger charge is -2.04. The molecule has 0 spiro atoms. The Morgan fingerprint density at radius 2 is 2.00 bits per heavy atom. The maximum absolute atomic E-state index is 12.8. The lowest BCUT2D eigenvalue weighted by molar-refractivity contribution is 0.578. The highest BCUT2D eigenvalue weighted by Gasteiger charge is 2.15. The summed E-state index contributed by atoms with van der Waals surface area (Å²) in [4.78, 5) is 5.11. The Labute approximate surface area is 130 Å². The van der Waals surface area contributed by atoms with Crippen LogP contribution in [0.3, 0.4) is 0 Å². The van der Waals surface area contributed by atoms with Gasteiger partial charge in [-0.05, 0) is 35.7 Å². The smallest absolute Gasteiger partial charge is 0.240 e. The minimum atomic E-state index is -3.72. The third-order valence-corrected chi connectivity index (χ3v) is 5.11. The normalized spacial score (nSPS) is 11.7. The van der Waals surface area contributed by atoms with E-state index in [0.29, 0.717) is 11.6 Å². The maximum atomic E-state index is 12.8. The van der Waals surface area contributed by atoms with Crippen molar-refractivity contribution in [1.29, 1.82) is 0 Å². The molecule has 0 bridgehead atoms. The van der Waals surface area contributed by atoms with Gasteiger partial charge in [0.05, 0.1) is 16.3 Å². The number of nitrogens with zero attached hydrogens (tertiary/aromatic N) is 2. The van der Waals surface area contributed by atoms with Gasteiger partial charge in [-0.1, -0.05) is 6.07 Å². The Morgan fingerprint density at radius 1 is 1.23 bits per heavy atom. The molecule has 0 atom stereocenters. The van der Waals surface area contributed by atoms with Crippen LogP contribution in [0.1, 0.15) is 5.82 Å². The summed E-state index contributed by atoms with van der Waals surface area (Å²) < 4.78 is 39.3. The standard InChI is InChI=1S/C13H11FN4O2S2/c14-9-3-5-10(6-4-9)22(19,20)15-8-12-16-13(18-17-12)11-2-1-7-21-11/h1-7,15H,8H2,(H,16,17,18). The van der Waals surface area contributed by atoms with Gasteiger partial charge in [-0.25, -0.2) is 22.5 Å². The largest absolute Gasteiger partial charge is 0.262 e. The first kappa shape index (κ1) is 14.8. The zero-order valence-corrected chi connectivity index (χ0v) is 12.8. The summed E-state index contributed by atoms with van der Waals surface area (Å²) in [6.45, 7) is -0.0297. The Balaban J connectivity index is 1.71. The SMILES string of the molecule is O=S(=O)(NCc1nc(-c2cccs2)n[nH]1)c1ccc(F)cc1. The lowest BCUT2D eigenvalue weighted by Crippen LogP contribution is -2.23. The number of benzene rings is 1. The second-order valence-electron chi connectivity index (χ2n) is 4.36. The van der Waals surface area contributed by atoms with Gasteiger partial charge in [-0.2, -0.15) is 5.10 Å². The zero-order valence-electron chi connectivity index (χ0n) is 11.2. The Morgan fingerprint density at radius 3 is 2.68 bits per heavy atom. The van der Waals surface area contributed by atoms with Crippen LogP contribution >= 0.6 is 11.3 Å². The van der Waals surface area contributed by atoms with Crippen molar-refractivity contribution in [1.82, 2.24) is 19.9 Å². The number of H-pyrrole nitrogens is 1. The molecule has 1 aromatic carbocycles. The maximum Gasteiger partial charge on any atom is 0.240 e. The van der Waals surface area contributed by atoms with Crippen LogP contribution in [0.25, 0.3) is 10.7 Å².